The van der Waals surface area contributed by atoms with E-state index in [1.807, 2.05) is 51.2 Å². The molecule has 50 heavy (non-hydrogen) atoms. The Morgan fingerprint density at radius 2 is 1.58 bits per heavy atom. The lowest BCUT2D eigenvalue weighted by Crippen LogP contribution is -2.56. The van der Waals surface area contributed by atoms with Crippen LogP contribution in [0.15, 0.2) is 30.3 Å². The largest absolute Gasteiger partial charge is 0.390 e. The number of rotatable bonds is 18. The molecule has 9 heteroatoms. The molecule has 7 atom stereocenters. The van der Waals surface area contributed by atoms with Gasteiger partial charge in [0.25, 0.3) is 0 Å². The molecule has 0 bridgehead atoms. The molecule has 1 aromatic carbocycles. The Morgan fingerprint density at radius 3 is 2.20 bits per heavy atom. The molecule has 4 N–H and O–H groups in total. The Morgan fingerprint density at radius 1 is 0.940 bits per heavy atom. The van der Waals surface area contributed by atoms with Crippen LogP contribution in [0.5, 0.6) is 0 Å². The fraction of sp³-hybridized carbons (Fsp3) is 0.732. The van der Waals surface area contributed by atoms with Crippen LogP contribution in [-0.2, 0) is 20.8 Å². The van der Waals surface area contributed by atoms with Crippen LogP contribution >= 0.6 is 0 Å². The first-order valence-corrected chi connectivity index (χ1v) is 19.4. The molecule has 1 aliphatic heterocycles. The lowest BCUT2D eigenvalue weighted by Gasteiger charge is -2.33. The van der Waals surface area contributed by atoms with E-state index in [0.717, 1.165) is 62.7 Å². The molecular formula is C41H64N4O5. The minimum absolute atomic E-state index is 0.0112. The Hall–Kier alpha value is -2.93. The van der Waals surface area contributed by atoms with Gasteiger partial charge in [0.2, 0.25) is 17.7 Å². The van der Waals surface area contributed by atoms with Crippen LogP contribution in [0.2, 0.25) is 0 Å². The number of fused-ring (bicyclic) bond motifs is 1. The Labute approximate surface area is 301 Å². The second kappa shape index (κ2) is 20.2. The van der Waals surface area contributed by atoms with E-state index in [-0.39, 0.29) is 24.7 Å². The van der Waals surface area contributed by atoms with Crippen LogP contribution in [-0.4, -0.2) is 95.3 Å². The summed E-state index contributed by atoms with van der Waals surface area (Å²) in [6, 6.07) is 7.89. The number of aliphatic hydroxyl groups excluding tert-OH is 2. The van der Waals surface area contributed by atoms with Crippen LogP contribution in [0.4, 0.5) is 0 Å². The van der Waals surface area contributed by atoms with E-state index in [1.54, 1.807) is 4.90 Å². The van der Waals surface area contributed by atoms with Crippen LogP contribution in [0, 0.1) is 41.9 Å². The van der Waals surface area contributed by atoms with E-state index in [1.165, 1.54) is 32.1 Å². The number of nitrogens with one attached hydrogen (secondary N) is 2. The zero-order chi connectivity index (χ0) is 36.0. The Kier molecular flexibility index (Phi) is 16.1. The van der Waals surface area contributed by atoms with Crippen LogP contribution < -0.4 is 10.6 Å². The number of aliphatic hydroxyl groups is 2. The molecule has 0 spiro atoms. The van der Waals surface area contributed by atoms with Gasteiger partial charge in [0, 0.05) is 46.1 Å². The van der Waals surface area contributed by atoms with Crippen molar-refractivity contribution in [2.45, 2.75) is 128 Å². The van der Waals surface area contributed by atoms with Gasteiger partial charge in [-0.2, -0.15) is 0 Å². The van der Waals surface area contributed by atoms with E-state index in [9.17, 15) is 24.6 Å². The van der Waals surface area contributed by atoms with Crippen molar-refractivity contribution in [3.05, 3.63) is 35.9 Å². The molecule has 3 amide bonds. The molecule has 3 aliphatic rings. The first-order chi connectivity index (χ1) is 24.0. The van der Waals surface area contributed by atoms with Gasteiger partial charge in [0.05, 0.1) is 18.1 Å². The lowest BCUT2D eigenvalue weighted by atomic mass is 9.82. The van der Waals surface area contributed by atoms with Gasteiger partial charge in [-0.1, -0.05) is 89.1 Å². The minimum atomic E-state index is -1.14. The maximum absolute atomic E-state index is 13.9. The van der Waals surface area contributed by atoms with Crippen LogP contribution in [0.25, 0.3) is 0 Å². The second-order valence-corrected chi connectivity index (χ2v) is 16.0. The summed E-state index contributed by atoms with van der Waals surface area (Å²) in [4.78, 5) is 45.5. The third-order valence-electron chi connectivity index (χ3n) is 11.5. The highest BCUT2D eigenvalue weighted by Gasteiger charge is 2.36. The number of likely N-dealkylation sites (N-methyl/N-ethyl adjacent to an activating group) is 1. The third-order valence-corrected chi connectivity index (χ3v) is 11.5. The summed E-state index contributed by atoms with van der Waals surface area (Å²) in [7, 11) is 1.81. The van der Waals surface area contributed by atoms with Gasteiger partial charge < -0.3 is 30.6 Å². The van der Waals surface area contributed by atoms with Crippen molar-refractivity contribution in [2.24, 2.45) is 29.6 Å². The first-order valence-electron chi connectivity index (χ1n) is 19.4. The van der Waals surface area contributed by atoms with E-state index in [0.29, 0.717) is 31.7 Å². The molecule has 5 unspecified atom stereocenters. The van der Waals surface area contributed by atoms with Crippen molar-refractivity contribution >= 4 is 17.7 Å². The van der Waals surface area contributed by atoms with E-state index >= 15 is 0 Å². The Balaban J connectivity index is 1.41. The van der Waals surface area contributed by atoms with Gasteiger partial charge in [0.1, 0.15) is 12.1 Å². The number of terminal acetylenes is 1. The van der Waals surface area contributed by atoms with Gasteiger partial charge in [-0.25, -0.2) is 0 Å². The average Bonchev–Trinajstić information content (AvgIpc) is 3.53. The van der Waals surface area contributed by atoms with Crippen LogP contribution in [0.3, 0.4) is 0 Å². The van der Waals surface area contributed by atoms with Crippen molar-refractivity contribution in [2.75, 3.05) is 33.2 Å². The maximum Gasteiger partial charge on any atom is 0.243 e. The minimum Gasteiger partial charge on any atom is -0.390 e. The van der Waals surface area contributed by atoms with Gasteiger partial charge in [-0.15, -0.1) is 12.3 Å². The number of nitrogens with zero attached hydrogens (tertiary/aromatic N) is 2. The number of carbonyl (C=O) groups excluding carboxylic acids is 3. The fourth-order valence-corrected chi connectivity index (χ4v) is 8.48. The van der Waals surface area contributed by atoms with Crippen molar-refractivity contribution in [3.8, 4) is 12.3 Å². The molecule has 2 aliphatic carbocycles. The van der Waals surface area contributed by atoms with Crippen molar-refractivity contribution in [3.63, 3.8) is 0 Å². The van der Waals surface area contributed by atoms with Gasteiger partial charge >= 0.3 is 0 Å². The monoisotopic (exact) mass is 692 g/mol. The fourth-order valence-electron chi connectivity index (χ4n) is 8.48. The summed E-state index contributed by atoms with van der Waals surface area (Å²) in [5.41, 5.74) is 0.926. The predicted octanol–water partition coefficient (Wildman–Crippen LogP) is 4.55. The summed E-state index contributed by atoms with van der Waals surface area (Å²) in [6.45, 7) is 7.62. The molecule has 1 aromatic rings. The van der Waals surface area contributed by atoms with Gasteiger partial charge in [-0.3, -0.25) is 14.4 Å². The molecule has 2 saturated carbocycles. The van der Waals surface area contributed by atoms with E-state index < -0.39 is 42.0 Å². The first kappa shape index (κ1) is 39.8. The predicted molar refractivity (Wildman–Crippen MR) is 198 cm³/mol. The summed E-state index contributed by atoms with van der Waals surface area (Å²) in [5.74, 6) is 2.91. The summed E-state index contributed by atoms with van der Waals surface area (Å²) in [6.07, 6.45) is 15.6. The van der Waals surface area contributed by atoms with E-state index in [2.05, 4.69) is 21.5 Å². The third kappa shape index (κ3) is 12.4. The Bertz CT molecular complexity index is 1230. The summed E-state index contributed by atoms with van der Waals surface area (Å²) >= 11 is 0. The molecule has 1 heterocycles. The van der Waals surface area contributed by atoms with Crippen molar-refractivity contribution < 1.29 is 24.6 Å². The maximum atomic E-state index is 13.9. The SMILES string of the molecule is C#CC[C@H](NC(=O)C(CC(=O)N(C)CCN1CC2CCCCC2C1)Cc1ccccc1)C(=O)NC(CC1CCCCC1)C(O)[C@@H](O)CC(C)C. The van der Waals surface area contributed by atoms with Gasteiger partial charge in [-0.05, 0) is 61.3 Å². The summed E-state index contributed by atoms with van der Waals surface area (Å²) < 4.78 is 0. The quantitative estimate of drug-likeness (QED) is 0.168. The topological polar surface area (TPSA) is 122 Å². The van der Waals surface area contributed by atoms with E-state index in [4.69, 9.17) is 6.42 Å². The highest BCUT2D eigenvalue weighted by molar-refractivity contribution is 5.91. The molecule has 0 aromatic heterocycles. The zero-order valence-corrected chi connectivity index (χ0v) is 30.9. The number of hydrogen-bond acceptors (Lipinski definition) is 6. The highest BCUT2D eigenvalue weighted by atomic mass is 16.3. The number of carbonyl (C=O) groups is 3. The molecule has 0 radical (unpaired) electrons. The molecule has 278 valence electrons. The average molecular weight is 693 g/mol. The molecule has 3 fully saturated rings. The van der Waals surface area contributed by atoms with Crippen molar-refractivity contribution in [1.82, 2.24) is 20.4 Å². The van der Waals surface area contributed by atoms with Crippen molar-refractivity contribution in [1.29, 1.82) is 0 Å². The zero-order valence-electron chi connectivity index (χ0n) is 30.9. The number of hydrogen-bond donors (Lipinski definition) is 4. The number of amides is 3. The lowest BCUT2D eigenvalue weighted by molar-refractivity contribution is -0.137. The molecule has 1 saturated heterocycles. The molecule has 9 nitrogen and oxygen atoms in total. The number of likely N-dealkylation sites (tertiary alicyclic amines) is 1. The molecular weight excluding hydrogens is 628 g/mol. The number of benzene rings is 1. The normalized spacial score (nSPS) is 22.8. The van der Waals surface area contributed by atoms with Crippen LogP contribution in [0.1, 0.15) is 103 Å². The van der Waals surface area contributed by atoms with Gasteiger partial charge in [0.15, 0.2) is 0 Å². The highest BCUT2D eigenvalue weighted by Crippen LogP contribution is 2.36. The second-order valence-electron chi connectivity index (χ2n) is 16.0. The standard InChI is InChI=1S/C41H64N4O5/c1-5-14-35(41(50)43-36(25-31-17-10-7-11-18-31)39(48)37(46)23-29(2)3)42-40(49)34(24-30-15-8-6-9-16-30)26-38(47)44(4)21-22-45-27-32-19-12-13-20-33(32)28-45/h1,6,8-9,15-16,29,31-37,39,46,48H,7,10-14,17-28H2,2-4H3,(H,42,49)(H,43,50)/t32?,33?,34?,35-,36?,37-,39?/m0/s1. The molecule has 4 rings (SSSR count). The smallest absolute Gasteiger partial charge is 0.243 e. The summed E-state index contributed by atoms with van der Waals surface area (Å²) in [5, 5.41) is 27.9.